The highest BCUT2D eigenvalue weighted by molar-refractivity contribution is 7.17. The van der Waals surface area contributed by atoms with E-state index >= 15 is 0 Å². The fourth-order valence-corrected chi connectivity index (χ4v) is 2.63. The Labute approximate surface area is 102 Å². The van der Waals surface area contributed by atoms with Gasteiger partial charge >= 0.3 is 0 Å². The second-order valence-corrected chi connectivity index (χ2v) is 5.27. The zero-order chi connectivity index (χ0) is 11.7. The number of amides is 1. The SMILES string of the molecule is CC1OCCC1N(C)C(=O)c1nnc(Cl)s1. The molecule has 0 aromatic carbocycles. The van der Waals surface area contributed by atoms with E-state index in [2.05, 4.69) is 10.2 Å². The minimum absolute atomic E-state index is 0.0670. The Bertz CT molecular complexity index is 398. The molecule has 2 unspecified atom stereocenters. The van der Waals surface area contributed by atoms with Crippen molar-refractivity contribution in [3.8, 4) is 0 Å². The van der Waals surface area contributed by atoms with Gasteiger partial charge in [0.25, 0.3) is 5.91 Å². The Hall–Kier alpha value is -0.720. The summed E-state index contributed by atoms with van der Waals surface area (Å²) < 4.78 is 5.71. The molecule has 0 spiro atoms. The van der Waals surface area contributed by atoms with Crippen molar-refractivity contribution in [2.24, 2.45) is 0 Å². The van der Waals surface area contributed by atoms with E-state index in [9.17, 15) is 4.79 Å². The Morgan fingerprint density at radius 3 is 2.88 bits per heavy atom. The Morgan fingerprint density at radius 2 is 2.38 bits per heavy atom. The van der Waals surface area contributed by atoms with E-state index in [1.54, 1.807) is 11.9 Å². The predicted molar refractivity (Wildman–Crippen MR) is 60.8 cm³/mol. The molecule has 0 N–H and O–H groups in total. The smallest absolute Gasteiger partial charge is 0.284 e. The lowest BCUT2D eigenvalue weighted by atomic mass is 10.1. The van der Waals surface area contributed by atoms with Crippen molar-refractivity contribution < 1.29 is 9.53 Å². The summed E-state index contributed by atoms with van der Waals surface area (Å²) in [7, 11) is 1.76. The zero-order valence-electron chi connectivity index (χ0n) is 9.01. The summed E-state index contributed by atoms with van der Waals surface area (Å²) in [5.74, 6) is -0.147. The third kappa shape index (κ3) is 2.18. The van der Waals surface area contributed by atoms with Gasteiger partial charge in [-0.2, -0.15) is 0 Å². The highest BCUT2D eigenvalue weighted by Gasteiger charge is 2.32. The molecule has 88 valence electrons. The van der Waals surface area contributed by atoms with E-state index in [0.29, 0.717) is 11.6 Å². The maximum atomic E-state index is 12.0. The molecule has 16 heavy (non-hydrogen) atoms. The number of hydrogen-bond acceptors (Lipinski definition) is 5. The van der Waals surface area contributed by atoms with Crippen LogP contribution in [0.1, 0.15) is 23.1 Å². The lowest BCUT2D eigenvalue weighted by Crippen LogP contribution is -2.40. The molecule has 1 aliphatic heterocycles. The quantitative estimate of drug-likeness (QED) is 0.808. The van der Waals surface area contributed by atoms with E-state index in [4.69, 9.17) is 16.3 Å². The maximum absolute atomic E-state index is 12.0. The van der Waals surface area contributed by atoms with Crippen LogP contribution in [0.5, 0.6) is 0 Å². The molecule has 1 fully saturated rings. The highest BCUT2D eigenvalue weighted by atomic mass is 35.5. The van der Waals surface area contributed by atoms with Gasteiger partial charge in [0.05, 0.1) is 12.1 Å². The standard InChI is InChI=1S/C9H12ClN3O2S/c1-5-6(3-4-15-5)13(2)8(14)7-11-12-9(10)16-7/h5-6H,3-4H2,1-2H3. The number of carbonyl (C=O) groups excluding carboxylic acids is 1. The van der Waals surface area contributed by atoms with Gasteiger partial charge in [-0.3, -0.25) is 4.79 Å². The Kier molecular flexibility index (Phi) is 3.41. The highest BCUT2D eigenvalue weighted by Crippen LogP contribution is 2.22. The van der Waals surface area contributed by atoms with Crippen molar-refractivity contribution in [1.29, 1.82) is 0 Å². The molecular formula is C9H12ClN3O2S. The van der Waals surface area contributed by atoms with Gasteiger partial charge in [-0.15, -0.1) is 10.2 Å². The molecule has 5 nitrogen and oxygen atoms in total. The third-order valence-corrected chi connectivity index (χ3v) is 3.74. The molecule has 1 saturated heterocycles. The molecule has 1 aromatic heterocycles. The predicted octanol–water partition coefficient (Wildman–Crippen LogP) is 1.44. The average molecular weight is 262 g/mol. The molecule has 7 heteroatoms. The van der Waals surface area contributed by atoms with Crippen molar-refractivity contribution in [3.63, 3.8) is 0 Å². The second-order valence-electron chi connectivity index (χ2n) is 3.71. The van der Waals surface area contributed by atoms with E-state index in [0.717, 1.165) is 17.8 Å². The molecule has 1 aliphatic rings. The van der Waals surface area contributed by atoms with Crippen molar-refractivity contribution in [1.82, 2.24) is 15.1 Å². The van der Waals surface area contributed by atoms with Gasteiger partial charge in [-0.1, -0.05) is 11.3 Å². The van der Waals surface area contributed by atoms with Crippen molar-refractivity contribution >= 4 is 28.8 Å². The fourth-order valence-electron chi connectivity index (χ4n) is 1.82. The van der Waals surface area contributed by atoms with Crippen LogP contribution in [0.25, 0.3) is 0 Å². The second kappa shape index (κ2) is 4.65. The van der Waals surface area contributed by atoms with Crippen LogP contribution in [0.2, 0.25) is 4.47 Å². The normalized spacial score (nSPS) is 24.7. The molecule has 0 bridgehead atoms. The van der Waals surface area contributed by atoms with Gasteiger partial charge in [0.15, 0.2) is 0 Å². The monoisotopic (exact) mass is 261 g/mol. The van der Waals surface area contributed by atoms with E-state index in [1.165, 1.54) is 0 Å². The van der Waals surface area contributed by atoms with Crippen LogP contribution in [0, 0.1) is 0 Å². The van der Waals surface area contributed by atoms with E-state index in [-0.39, 0.29) is 22.5 Å². The average Bonchev–Trinajstić information content (AvgIpc) is 2.85. The first-order chi connectivity index (χ1) is 7.59. The summed E-state index contributed by atoms with van der Waals surface area (Å²) in [6, 6.07) is 0.107. The van der Waals surface area contributed by atoms with Crippen LogP contribution in [0.3, 0.4) is 0 Å². The molecule has 0 saturated carbocycles. The Balaban J connectivity index is 2.10. The van der Waals surface area contributed by atoms with Gasteiger partial charge in [-0.25, -0.2) is 0 Å². The summed E-state index contributed by atoms with van der Waals surface area (Å²) in [5.41, 5.74) is 0. The largest absolute Gasteiger partial charge is 0.376 e. The fraction of sp³-hybridized carbons (Fsp3) is 0.667. The minimum Gasteiger partial charge on any atom is -0.376 e. The topological polar surface area (TPSA) is 55.3 Å². The number of rotatable bonds is 2. The number of ether oxygens (including phenoxy) is 1. The number of hydrogen-bond donors (Lipinski definition) is 0. The van der Waals surface area contributed by atoms with Crippen LogP contribution >= 0.6 is 22.9 Å². The number of likely N-dealkylation sites (N-methyl/N-ethyl adjacent to an activating group) is 1. The van der Waals surface area contributed by atoms with Crippen LogP contribution in [-0.2, 0) is 4.74 Å². The summed E-state index contributed by atoms with van der Waals surface area (Å²) >= 11 is 6.74. The van der Waals surface area contributed by atoms with Gasteiger partial charge in [0.2, 0.25) is 9.47 Å². The molecule has 1 amide bonds. The third-order valence-electron chi connectivity index (χ3n) is 2.74. The van der Waals surface area contributed by atoms with Gasteiger partial charge in [0, 0.05) is 13.7 Å². The minimum atomic E-state index is -0.147. The first-order valence-electron chi connectivity index (χ1n) is 4.97. The van der Waals surface area contributed by atoms with Crippen molar-refractivity contribution in [2.45, 2.75) is 25.5 Å². The van der Waals surface area contributed by atoms with Gasteiger partial charge in [0.1, 0.15) is 0 Å². The molecular weight excluding hydrogens is 250 g/mol. The first kappa shape index (κ1) is 11.8. The van der Waals surface area contributed by atoms with Gasteiger partial charge < -0.3 is 9.64 Å². The van der Waals surface area contributed by atoms with Crippen LogP contribution in [0.4, 0.5) is 0 Å². The number of halogens is 1. The molecule has 2 heterocycles. The number of carbonyl (C=O) groups is 1. The van der Waals surface area contributed by atoms with Crippen molar-refractivity contribution in [3.05, 3.63) is 9.47 Å². The maximum Gasteiger partial charge on any atom is 0.284 e. The summed E-state index contributed by atoms with van der Waals surface area (Å²) in [5, 5.41) is 7.68. The molecule has 0 radical (unpaired) electrons. The van der Waals surface area contributed by atoms with E-state index in [1.807, 2.05) is 6.92 Å². The van der Waals surface area contributed by atoms with Crippen LogP contribution in [-0.4, -0.2) is 46.8 Å². The summed E-state index contributed by atoms with van der Waals surface area (Å²) in [6.07, 6.45) is 0.924. The summed E-state index contributed by atoms with van der Waals surface area (Å²) in [6.45, 7) is 2.66. The molecule has 0 aliphatic carbocycles. The van der Waals surface area contributed by atoms with Crippen LogP contribution < -0.4 is 0 Å². The molecule has 2 rings (SSSR count). The number of aromatic nitrogens is 2. The first-order valence-corrected chi connectivity index (χ1v) is 6.17. The van der Waals surface area contributed by atoms with E-state index < -0.39 is 0 Å². The lowest BCUT2D eigenvalue weighted by molar-refractivity contribution is 0.0573. The molecule has 2 atom stereocenters. The Morgan fingerprint density at radius 1 is 1.62 bits per heavy atom. The summed E-state index contributed by atoms with van der Waals surface area (Å²) in [4.78, 5) is 13.7. The zero-order valence-corrected chi connectivity index (χ0v) is 10.6. The lowest BCUT2D eigenvalue weighted by Gasteiger charge is -2.25. The van der Waals surface area contributed by atoms with Crippen molar-refractivity contribution in [2.75, 3.05) is 13.7 Å². The van der Waals surface area contributed by atoms with Gasteiger partial charge in [-0.05, 0) is 24.9 Å². The van der Waals surface area contributed by atoms with Crippen LogP contribution in [0.15, 0.2) is 0 Å². The molecule has 1 aromatic rings. The number of nitrogens with zero attached hydrogens (tertiary/aromatic N) is 3.